The Labute approximate surface area is 229 Å². The quantitative estimate of drug-likeness (QED) is 0.138. The number of aromatic nitrogens is 3. The first kappa shape index (κ1) is 27.9. The Balaban J connectivity index is 1.34. The normalized spacial score (nSPS) is 11.6. The zero-order valence-corrected chi connectivity index (χ0v) is 21.1. The minimum Gasteiger partial charge on any atom is -0.493 e. The lowest BCUT2D eigenvalue weighted by Gasteiger charge is -2.16. The molecule has 0 aromatic heterocycles. The molecule has 0 radical (unpaired) electrons. The molecular formula is C30H20F7N3O. The molecule has 0 bridgehead atoms. The molecular weight excluding hydrogens is 551 g/mol. The predicted molar refractivity (Wildman–Crippen MR) is 138 cm³/mol. The zero-order chi connectivity index (χ0) is 29.1. The molecule has 0 N–H and O–H groups in total. The molecule has 3 aromatic rings. The van der Waals surface area contributed by atoms with E-state index >= 15 is 0 Å². The van der Waals surface area contributed by atoms with E-state index in [0.717, 1.165) is 17.7 Å². The lowest BCUT2D eigenvalue weighted by molar-refractivity contribution is -0.137. The monoisotopic (exact) mass is 571 g/mol. The summed E-state index contributed by atoms with van der Waals surface area (Å²) in [6, 6.07) is 15.5. The van der Waals surface area contributed by atoms with Gasteiger partial charge in [0.2, 0.25) is 0 Å². The van der Waals surface area contributed by atoms with Crippen LogP contribution in [0.25, 0.3) is 33.9 Å². The van der Waals surface area contributed by atoms with E-state index in [1.165, 1.54) is 24.3 Å². The van der Waals surface area contributed by atoms with Gasteiger partial charge in [0.15, 0.2) is 17.5 Å². The van der Waals surface area contributed by atoms with Crippen LogP contribution in [0.2, 0.25) is 0 Å². The van der Waals surface area contributed by atoms with Crippen molar-refractivity contribution in [3.05, 3.63) is 114 Å². The summed E-state index contributed by atoms with van der Waals surface area (Å²) < 4.78 is 101. The van der Waals surface area contributed by atoms with Crippen LogP contribution in [0.3, 0.4) is 0 Å². The third-order valence-corrected chi connectivity index (χ3v) is 6.23. The Morgan fingerprint density at radius 3 is 2.37 bits per heavy atom. The minimum atomic E-state index is -4.67. The lowest BCUT2D eigenvalue weighted by Crippen LogP contribution is -2.08. The number of hydrogen-bond acceptors (Lipinski definition) is 3. The van der Waals surface area contributed by atoms with Crippen molar-refractivity contribution < 1.29 is 35.5 Å². The number of imidazole rings is 1. The summed E-state index contributed by atoms with van der Waals surface area (Å²) in [5.41, 5.74) is 1.07. The van der Waals surface area contributed by atoms with Crippen LogP contribution in [-0.4, -0.2) is 21.1 Å². The molecule has 210 valence electrons. The largest absolute Gasteiger partial charge is 0.493 e. The maximum Gasteiger partial charge on any atom is 0.417 e. The van der Waals surface area contributed by atoms with Crippen LogP contribution in [0.5, 0.6) is 5.75 Å². The average Bonchev–Trinajstić information content (AvgIpc) is 3.36. The van der Waals surface area contributed by atoms with Gasteiger partial charge in [-0.25, -0.2) is 18.7 Å². The summed E-state index contributed by atoms with van der Waals surface area (Å²) in [4.78, 5) is 8.60. The molecule has 2 aliphatic rings. The van der Waals surface area contributed by atoms with Gasteiger partial charge in [-0.2, -0.15) is 22.0 Å². The van der Waals surface area contributed by atoms with Gasteiger partial charge < -0.3 is 9.30 Å². The van der Waals surface area contributed by atoms with Crippen molar-refractivity contribution in [2.45, 2.75) is 19.1 Å². The highest BCUT2D eigenvalue weighted by Gasteiger charge is 2.34. The van der Waals surface area contributed by atoms with Gasteiger partial charge in [-0.15, -0.1) is 0 Å². The summed E-state index contributed by atoms with van der Waals surface area (Å²) in [5, 5.41) is 0. The number of rotatable bonds is 8. The average molecular weight is 571 g/mol. The first-order valence-electron chi connectivity index (χ1n) is 12.3. The van der Waals surface area contributed by atoms with Crippen LogP contribution in [-0.2, 0) is 12.7 Å². The summed E-state index contributed by atoms with van der Waals surface area (Å²) in [5.74, 6) is -2.05. The van der Waals surface area contributed by atoms with Gasteiger partial charge in [0.25, 0.3) is 6.08 Å². The highest BCUT2D eigenvalue weighted by atomic mass is 19.4. The molecule has 4 nitrogen and oxygen atoms in total. The van der Waals surface area contributed by atoms with Crippen molar-refractivity contribution in [2.75, 3.05) is 6.61 Å². The van der Waals surface area contributed by atoms with E-state index in [0.29, 0.717) is 29.6 Å². The fourth-order valence-corrected chi connectivity index (χ4v) is 4.29. The fraction of sp³-hybridized carbons (Fsp3) is 0.133. The number of halogens is 7. The third-order valence-electron chi connectivity index (χ3n) is 6.23. The van der Waals surface area contributed by atoms with Crippen LogP contribution in [0.1, 0.15) is 17.5 Å². The number of fused-ring (bicyclic) bond motifs is 1. The number of hydrogen-bond donors (Lipinski definition) is 0. The van der Waals surface area contributed by atoms with Crippen LogP contribution in [0, 0.1) is 11.6 Å². The van der Waals surface area contributed by atoms with Crippen LogP contribution in [0.4, 0.5) is 30.7 Å². The second-order valence-corrected chi connectivity index (χ2v) is 9.07. The van der Waals surface area contributed by atoms with Crippen LogP contribution >= 0.6 is 0 Å². The van der Waals surface area contributed by atoms with Crippen LogP contribution < -0.4 is 4.74 Å². The van der Waals surface area contributed by atoms with Crippen molar-refractivity contribution in [2.24, 2.45) is 0 Å². The summed E-state index contributed by atoms with van der Waals surface area (Å²) in [7, 11) is 0. The first-order chi connectivity index (χ1) is 19.6. The predicted octanol–water partition coefficient (Wildman–Crippen LogP) is 8.61. The second kappa shape index (κ2) is 11.4. The SMILES string of the molecule is FC(F)=CCCOc1ccc(-c2ccc(Cn3ccc4nc(-c5cccc(F)c5F)nc-4c3)cc2)c(C(F)(F)F)c1. The highest BCUT2D eigenvalue weighted by Crippen LogP contribution is 2.39. The molecule has 0 aliphatic carbocycles. The smallest absolute Gasteiger partial charge is 0.417 e. The molecule has 0 unspecified atom stereocenters. The van der Waals surface area contributed by atoms with E-state index in [9.17, 15) is 30.7 Å². The summed E-state index contributed by atoms with van der Waals surface area (Å²) >= 11 is 0. The van der Waals surface area contributed by atoms with Gasteiger partial charge in [-0.1, -0.05) is 36.4 Å². The van der Waals surface area contributed by atoms with E-state index in [1.54, 1.807) is 47.3 Å². The Kier molecular flexibility index (Phi) is 7.78. The van der Waals surface area contributed by atoms with E-state index in [-0.39, 0.29) is 35.7 Å². The van der Waals surface area contributed by atoms with Gasteiger partial charge in [-0.3, -0.25) is 0 Å². The van der Waals surface area contributed by atoms with Crippen molar-refractivity contribution in [3.63, 3.8) is 0 Å². The third kappa shape index (κ3) is 6.40. The summed E-state index contributed by atoms with van der Waals surface area (Å²) in [6.45, 7) is 0.172. The van der Waals surface area contributed by atoms with Gasteiger partial charge in [0.05, 0.1) is 23.4 Å². The Hall–Kier alpha value is -4.67. The van der Waals surface area contributed by atoms with Crippen molar-refractivity contribution in [1.82, 2.24) is 14.5 Å². The van der Waals surface area contributed by atoms with E-state index in [4.69, 9.17) is 4.74 Å². The van der Waals surface area contributed by atoms with E-state index < -0.39 is 29.5 Å². The number of pyridine rings is 1. The van der Waals surface area contributed by atoms with Crippen molar-refractivity contribution in [3.8, 4) is 39.7 Å². The highest BCUT2D eigenvalue weighted by molar-refractivity contribution is 5.70. The maximum absolute atomic E-state index is 14.2. The standard InChI is InChI=1S/C30H20F7N3O/c31-24-4-1-3-22(28(24)34)29-38-25-12-13-40(17-26(25)39-29)16-18-6-8-19(9-7-18)21-11-10-20(15-23(21)30(35,36)37)41-14-2-5-27(32)33/h1,3-13,15,17H,2,14,16H2. The van der Waals surface area contributed by atoms with Gasteiger partial charge in [0, 0.05) is 25.4 Å². The van der Waals surface area contributed by atoms with Gasteiger partial charge in [0.1, 0.15) is 11.4 Å². The molecule has 11 heteroatoms. The molecule has 0 spiro atoms. The topological polar surface area (TPSA) is 39.9 Å². The van der Waals surface area contributed by atoms with Gasteiger partial charge in [-0.05, 0) is 53.1 Å². The zero-order valence-electron chi connectivity index (χ0n) is 21.1. The number of alkyl halides is 3. The molecule has 5 rings (SSSR count). The number of ether oxygens (including phenoxy) is 1. The Bertz CT molecular complexity index is 1670. The minimum absolute atomic E-state index is 0.0505. The fourth-order valence-electron chi connectivity index (χ4n) is 4.29. The molecule has 0 atom stereocenters. The Morgan fingerprint density at radius 2 is 1.63 bits per heavy atom. The van der Waals surface area contributed by atoms with E-state index in [2.05, 4.69) is 9.97 Å². The second-order valence-electron chi connectivity index (χ2n) is 9.07. The number of benzene rings is 3. The lowest BCUT2D eigenvalue weighted by atomic mass is 9.98. The van der Waals surface area contributed by atoms with Crippen molar-refractivity contribution in [1.29, 1.82) is 0 Å². The molecule has 0 fully saturated rings. The molecule has 41 heavy (non-hydrogen) atoms. The molecule has 0 amide bonds. The van der Waals surface area contributed by atoms with Crippen molar-refractivity contribution >= 4 is 0 Å². The van der Waals surface area contributed by atoms with Gasteiger partial charge >= 0.3 is 6.18 Å². The molecule has 0 saturated carbocycles. The molecule has 2 aliphatic heterocycles. The van der Waals surface area contributed by atoms with Crippen LogP contribution in [0.15, 0.2) is 91.3 Å². The number of nitrogens with zero attached hydrogens (tertiary/aromatic N) is 3. The Morgan fingerprint density at radius 1 is 0.878 bits per heavy atom. The summed E-state index contributed by atoms with van der Waals surface area (Å²) in [6.07, 6.45) is -2.63. The molecule has 2 heterocycles. The molecule has 3 aromatic carbocycles. The first-order valence-corrected chi connectivity index (χ1v) is 12.3. The molecule has 0 saturated heterocycles. The van der Waals surface area contributed by atoms with E-state index in [1.807, 2.05) is 0 Å². The maximum atomic E-state index is 14.2.